The lowest BCUT2D eigenvalue weighted by atomic mass is 9.95. The Morgan fingerprint density at radius 2 is 1.62 bits per heavy atom. The first-order valence-electron chi connectivity index (χ1n) is 7.12. The maximum Gasteiger partial charge on any atom is 0.471 e. The quantitative estimate of drug-likeness (QED) is 0.830. The van der Waals surface area contributed by atoms with E-state index in [1.807, 2.05) is 0 Å². The lowest BCUT2D eigenvalue weighted by molar-refractivity contribution is -0.186. The van der Waals surface area contributed by atoms with Crippen LogP contribution in [0.15, 0.2) is 0 Å². The van der Waals surface area contributed by atoms with Crippen LogP contribution < -0.4 is 5.32 Å². The van der Waals surface area contributed by atoms with Crippen molar-refractivity contribution in [1.29, 1.82) is 0 Å². The maximum absolute atomic E-state index is 12.3. The minimum atomic E-state index is -4.84. The Hall–Kier alpha value is -1.31. The molecule has 2 rings (SSSR count). The van der Waals surface area contributed by atoms with Crippen molar-refractivity contribution >= 4 is 11.8 Å². The number of piperidine rings is 1. The second-order valence-electron chi connectivity index (χ2n) is 5.46. The van der Waals surface area contributed by atoms with Crippen LogP contribution in [0.5, 0.6) is 0 Å². The molecule has 0 aromatic rings. The molecule has 1 N–H and O–H groups in total. The van der Waals surface area contributed by atoms with Gasteiger partial charge in [-0.05, 0) is 25.7 Å². The summed E-state index contributed by atoms with van der Waals surface area (Å²) in [5.74, 6) is -2.25. The molecule has 0 aromatic heterocycles. The smallest absolute Gasteiger partial charge is 0.381 e. The Bertz CT molecular complexity index is 387. The predicted molar refractivity (Wildman–Crippen MR) is 67.3 cm³/mol. The summed E-state index contributed by atoms with van der Waals surface area (Å²) in [5.41, 5.74) is 0. The van der Waals surface area contributed by atoms with Crippen LogP contribution in [0.3, 0.4) is 0 Å². The molecule has 2 fully saturated rings. The van der Waals surface area contributed by atoms with E-state index in [2.05, 4.69) is 5.32 Å². The van der Waals surface area contributed by atoms with Crippen LogP contribution in [0.4, 0.5) is 13.2 Å². The van der Waals surface area contributed by atoms with E-state index in [1.54, 1.807) is 0 Å². The molecule has 2 amide bonds. The SMILES string of the molecule is O=C(NC1CCOCC1)C1CCN(C(=O)C(F)(F)F)CC1. The summed E-state index contributed by atoms with van der Waals surface area (Å²) in [7, 11) is 0. The highest BCUT2D eigenvalue weighted by Crippen LogP contribution is 2.24. The van der Waals surface area contributed by atoms with Crippen molar-refractivity contribution < 1.29 is 27.5 Å². The highest BCUT2D eigenvalue weighted by Gasteiger charge is 2.43. The van der Waals surface area contributed by atoms with Crippen molar-refractivity contribution in [1.82, 2.24) is 10.2 Å². The summed E-state index contributed by atoms with van der Waals surface area (Å²) in [6, 6.07) is 0.0843. The molecule has 0 saturated carbocycles. The second-order valence-corrected chi connectivity index (χ2v) is 5.46. The molecular formula is C13H19F3N2O3. The first-order valence-corrected chi connectivity index (χ1v) is 7.12. The highest BCUT2D eigenvalue weighted by molar-refractivity contribution is 5.83. The Morgan fingerprint density at radius 1 is 1.05 bits per heavy atom. The van der Waals surface area contributed by atoms with Gasteiger partial charge in [-0.3, -0.25) is 9.59 Å². The average molecular weight is 308 g/mol. The number of carbonyl (C=O) groups is 2. The molecule has 120 valence electrons. The van der Waals surface area contributed by atoms with E-state index in [4.69, 9.17) is 4.74 Å². The van der Waals surface area contributed by atoms with Gasteiger partial charge in [0.25, 0.3) is 0 Å². The van der Waals surface area contributed by atoms with Gasteiger partial charge in [-0.15, -0.1) is 0 Å². The summed E-state index contributed by atoms with van der Waals surface area (Å²) in [6.45, 7) is 1.18. The van der Waals surface area contributed by atoms with Gasteiger partial charge in [-0.1, -0.05) is 0 Å². The van der Waals surface area contributed by atoms with Crippen LogP contribution >= 0.6 is 0 Å². The van der Waals surface area contributed by atoms with Crippen molar-refractivity contribution in [3.8, 4) is 0 Å². The van der Waals surface area contributed by atoms with E-state index in [9.17, 15) is 22.8 Å². The van der Waals surface area contributed by atoms with E-state index in [-0.39, 0.29) is 43.8 Å². The van der Waals surface area contributed by atoms with E-state index in [1.165, 1.54) is 0 Å². The van der Waals surface area contributed by atoms with Gasteiger partial charge >= 0.3 is 12.1 Å². The molecule has 0 bridgehead atoms. The molecule has 5 nitrogen and oxygen atoms in total. The molecule has 2 aliphatic rings. The summed E-state index contributed by atoms with van der Waals surface area (Å²) < 4.78 is 42.1. The summed E-state index contributed by atoms with van der Waals surface area (Å²) in [5, 5.41) is 2.92. The molecule has 0 aromatic carbocycles. The van der Waals surface area contributed by atoms with Crippen molar-refractivity contribution in [2.75, 3.05) is 26.3 Å². The Labute approximate surface area is 120 Å². The third kappa shape index (κ3) is 4.33. The zero-order valence-electron chi connectivity index (χ0n) is 11.6. The molecule has 8 heteroatoms. The third-order valence-corrected chi connectivity index (χ3v) is 3.96. The number of likely N-dealkylation sites (tertiary alicyclic amines) is 1. The molecule has 21 heavy (non-hydrogen) atoms. The zero-order valence-corrected chi connectivity index (χ0v) is 11.6. The number of hydrogen-bond acceptors (Lipinski definition) is 3. The lowest BCUT2D eigenvalue weighted by Crippen LogP contribution is -2.49. The van der Waals surface area contributed by atoms with Gasteiger partial charge < -0.3 is 15.0 Å². The van der Waals surface area contributed by atoms with Crippen LogP contribution in [0.25, 0.3) is 0 Å². The van der Waals surface area contributed by atoms with Gasteiger partial charge in [-0.25, -0.2) is 0 Å². The first kappa shape index (κ1) is 16.1. The average Bonchev–Trinajstić information content (AvgIpc) is 2.46. The fraction of sp³-hybridized carbons (Fsp3) is 0.846. The fourth-order valence-corrected chi connectivity index (χ4v) is 2.69. The van der Waals surface area contributed by atoms with Gasteiger partial charge in [0.2, 0.25) is 5.91 Å². The molecule has 2 aliphatic heterocycles. The number of amides is 2. The number of nitrogens with zero attached hydrogens (tertiary/aromatic N) is 1. The van der Waals surface area contributed by atoms with Crippen LogP contribution in [-0.4, -0.2) is 55.2 Å². The van der Waals surface area contributed by atoms with Crippen molar-refractivity contribution in [3.05, 3.63) is 0 Å². The summed E-state index contributed by atoms with van der Waals surface area (Å²) >= 11 is 0. The number of hydrogen-bond donors (Lipinski definition) is 1. The van der Waals surface area contributed by atoms with E-state index in [0.29, 0.717) is 13.2 Å². The van der Waals surface area contributed by atoms with Gasteiger partial charge in [0, 0.05) is 38.3 Å². The minimum Gasteiger partial charge on any atom is -0.381 e. The Kier molecular flexibility index (Phi) is 5.08. The fourth-order valence-electron chi connectivity index (χ4n) is 2.69. The van der Waals surface area contributed by atoms with Gasteiger partial charge in [-0.2, -0.15) is 13.2 Å². The Balaban J connectivity index is 1.78. The zero-order chi connectivity index (χ0) is 15.5. The molecular weight excluding hydrogens is 289 g/mol. The molecule has 2 saturated heterocycles. The van der Waals surface area contributed by atoms with Gasteiger partial charge in [0.05, 0.1) is 0 Å². The van der Waals surface area contributed by atoms with Crippen molar-refractivity contribution in [2.24, 2.45) is 5.92 Å². The van der Waals surface area contributed by atoms with E-state index >= 15 is 0 Å². The summed E-state index contributed by atoms with van der Waals surface area (Å²) in [6.07, 6.45) is -2.76. The molecule has 0 spiro atoms. The molecule has 0 atom stereocenters. The largest absolute Gasteiger partial charge is 0.471 e. The minimum absolute atomic E-state index is 0.0236. The van der Waals surface area contributed by atoms with Crippen molar-refractivity contribution in [3.63, 3.8) is 0 Å². The highest BCUT2D eigenvalue weighted by atomic mass is 19.4. The van der Waals surface area contributed by atoms with Gasteiger partial charge in [0.1, 0.15) is 0 Å². The topological polar surface area (TPSA) is 58.6 Å². The number of halogens is 3. The Morgan fingerprint density at radius 3 is 2.14 bits per heavy atom. The monoisotopic (exact) mass is 308 g/mol. The van der Waals surface area contributed by atoms with Crippen LogP contribution in [0, 0.1) is 5.92 Å². The van der Waals surface area contributed by atoms with Gasteiger partial charge in [0.15, 0.2) is 0 Å². The number of carbonyl (C=O) groups excluding carboxylic acids is 2. The van der Waals surface area contributed by atoms with Crippen LogP contribution in [0.2, 0.25) is 0 Å². The second kappa shape index (κ2) is 6.64. The van der Waals surface area contributed by atoms with Crippen molar-refractivity contribution in [2.45, 2.75) is 37.9 Å². The number of ether oxygens (including phenoxy) is 1. The number of nitrogens with one attached hydrogen (secondary N) is 1. The number of rotatable bonds is 2. The molecule has 0 radical (unpaired) electrons. The molecule has 2 heterocycles. The van der Waals surface area contributed by atoms with Crippen LogP contribution in [0.1, 0.15) is 25.7 Å². The third-order valence-electron chi connectivity index (χ3n) is 3.96. The maximum atomic E-state index is 12.3. The predicted octanol–water partition coefficient (Wildman–Crippen LogP) is 1.08. The van der Waals surface area contributed by atoms with E-state index < -0.39 is 12.1 Å². The molecule has 0 unspecified atom stereocenters. The standard InChI is InChI=1S/C13H19F3N2O3/c14-13(15,16)12(20)18-5-1-9(2-6-18)11(19)17-10-3-7-21-8-4-10/h9-10H,1-8H2,(H,17,19). The molecule has 0 aliphatic carbocycles. The normalized spacial score (nSPS) is 22.1. The van der Waals surface area contributed by atoms with E-state index in [0.717, 1.165) is 17.7 Å². The summed E-state index contributed by atoms with van der Waals surface area (Å²) in [4.78, 5) is 23.9. The number of alkyl halides is 3. The van der Waals surface area contributed by atoms with Crippen LogP contribution in [-0.2, 0) is 14.3 Å². The first-order chi connectivity index (χ1) is 9.88. The lowest BCUT2D eigenvalue weighted by Gasteiger charge is -2.33.